The first-order valence-corrected chi connectivity index (χ1v) is 10.8. The van der Waals surface area contributed by atoms with E-state index in [9.17, 15) is 8.42 Å². The first kappa shape index (κ1) is 17.2. The number of fused-ring (bicyclic) bond motifs is 3. The molecule has 132 valence electrons. The summed E-state index contributed by atoms with van der Waals surface area (Å²) in [6, 6.07) is 11.9. The number of nitrogens with zero attached hydrogens (tertiary/aromatic N) is 2. The summed E-state index contributed by atoms with van der Waals surface area (Å²) in [7, 11) is -1.39. The van der Waals surface area contributed by atoms with Crippen LogP contribution in [0.5, 0.6) is 0 Å². The zero-order chi connectivity index (χ0) is 17.6. The van der Waals surface area contributed by atoms with Crippen LogP contribution < -0.4 is 0 Å². The van der Waals surface area contributed by atoms with E-state index in [4.69, 9.17) is 0 Å². The average Bonchev–Trinajstić information content (AvgIpc) is 2.78. The van der Waals surface area contributed by atoms with Crippen molar-refractivity contribution in [1.29, 1.82) is 0 Å². The number of rotatable bonds is 2. The van der Waals surface area contributed by atoms with Crippen molar-refractivity contribution in [3.8, 4) is 11.1 Å². The van der Waals surface area contributed by atoms with Crippen molar-refractivity contribution in [3.63, 3.8) is 0 Å². The molecule has 0 saturated carbocycles. The summed E-state index contributed by atoms with van der Waals surface area (Å²) in [4.78, 5) is 2.61. The molecule has 25 heavy (non-hydrogen) atoms. The summed E-state index contributed by atoms with van der Waals surface area (Å²) in [6.45, 7) is 2.88. The molecule has 4 nitrogen and oxygen atoms in total. The van der Waals surface area contributed by atoms with Crippen molar-refractivity contribution in [2.45, 2.75) is 17.7 Å². The van der Waals surface area contributed by atoms with E-state index in [1.165, 1.54) is 11.1 Å². The Kier molecular flexibility index (Phi) is 4.48. The standard InChI is InChI=1S/C19H21BrN2O2S/c1-21-7-2-8-22(10-9-21)25(23,24)17-4-6-19-15(13-17)11-14-12-16(20)3-5-18(14)19/h3-6,12-13H,2,7-11H2,1H3. The fraction of sp³-hybridized carbons (Fsp3) is 0.368. The zero-order valence-corrected chi connectivity index (χ0v) is 16.6. The molecular formula is C19H21BrN2O2S. The topological polar surface area (TPSA) is 40.6 Å². The third-order valence-electron chi connectivity index (χ3n) is 5.13. The van der Waals surface area contributed by atoms with E-state index in [-0.39, 0.29) is 0 Å². The molecule has 4 rings (SSSR count). The van der Waals surface area contributed by atoms with Gasteiger partial charge in [-0.2, -0.15) is 4.31 Å². The predicted octanol–water partition coefficient (Wildman–Crippen LogP) is 3.35. The van der Waals surface area contributed by atoms with Gasteiger partial charge in [-0.25, -0.2) is 8.42 Å². The van der Waals surface area contributed by atoms with Crippen LogP contribution in [-0.4, -0.2) is 50.8 Å². The molecule has 0 bridgehead atoms. The van der Waals surface area contributed by atoms with E-state index < -0.39 is 10.0 Å². The largest absolute Gasteiger partial charge is 0.305 e. The first-order valence-electron chi connectivity index (χ1n) is 8.55. The highest BCUT2D eigenvalue weighted by molar-refractivity contribution is 9.10. The van der Waals surface area contributed by atoms with Gasteiger partial charge in [-0.1, -0.05) is 28.1 Å². The van der Waals surface area contributed by atoms with Crippen LogP contribution in [0, 0.1) is 0 Å². The van der Waals surface area contributed by atoms with E-state index in [1.807, 2.05) is 25.2 Å². The lowest BCUT2D eigenvalue weighted by Gasteiger charge is -2.20. The number of hydrogen-bond donors (Lipinski definition) is 0. The SMILES string of the molecule is CN1CCCN(S(=O)(=O)c2ccc3c(c2)Cc2cc(Br)ccc2-3)CC1. The van der Waals surface area contributed by atoms with Crippen molar-refractivity contribution in [2.75, 3.05) is 33.2 Å². The molecule has 2 aromatic rings. The van der Waals surface area contributed by atoms with Gasteiger partial charge >= 0.3 is 0 Å². The van der Waals surface area contributed by atoms with Gasteiger partial charge in [-0.3, -0.25) is 0 Å². The maximum atomic E-state index is 13.1. The zero-order valence-electron chi connectivity index (χ0n) is 14.2. The number of benzene rings is 2. The quantitative estimate of drug-likeness (QED) is 0.638. The van der Waals surface area contributed by atoms with Gasteiger partial charge in [-0.05, 0) is 73.0 Å². The minimum atomic E-state index is -3.43. The summed E-state index contributed by atoms with van der Waals surface area (Å²) in [5.41, 5.74) is 4.70. The fourth-order valence-corrected chi connectivity index (χ4v) is 5.66. The summed E-state index contributed by atoms with van der Waals surface area (Å²) < 4.78 is 28.8. The molecule has 0 amide bonds. The molecule has 2 aromatic carbocycles. The second-order valence-electron chi connectivity index (χ2n) is 6.86. The summed E-state index contributed by atoms with van der Waals surface area (Å²) in [5, 5.41) is 0. The second kappa shape index (κ2) is 6.50. The van der Waals surface area contributed by atoms with Crippen LogP contribution in [0.25, 0.3) is 11.1 Å². The highest BCUT2D eigenvalue weighted by Crippen LogP contribution is 2.39. The van der Waals surface area contributed by atoms with Gasteiger partial charge in [0.1, 0.15) is 0 Å². The maximum Gasteiger partial charge on any atom is 0.243 e. The van der Waals surface area contributed by atoms with E-state index >= 15 is 0 Å². The minimum absolute atomic E-state index is 0.419. The first-order chi connectivity index (χ1) is 11.9. The van der Waals surface area contributed by atoms with Crippen LogP contribution in [0.1, 0.15) is 17.5 Å². The van der Waals surface area contributed by atoms with E-state index in [0.29, 0.717) is 18.0 Å². The van der Waals surface area contributed by atoms with Gasteiger partial charge in [0, 0.05) is 24.1 Å². The highest BCUT2D eigenvalue weighted by atomic mass is 79.9. The highest BCUT2D eigenvalue weighted by Gasteiger charge is 2.28. The number of likely N-dealkylation sites (N-methyl/N-ethyl adjacent to an activating group) is 1. The minimum Gasteiger partial charge on any atom is -0.305 e. The van der Waals surface area contributed by atoms with Gasteiger partial charge in [-0.15, -0.1) is 0 Å². The molecule has 0 N–H and O–H groups in total. The monoisotopic (exact) mass is 420 g/mol. The van der Waals surface area contributed by atoms with Crippen molar-refractivity contribution in [2.24, 2.45) is 0 Å². The normalized spacial score (nSPS) is 18.6. The van der Waals surface area contributed by atoms with Crippen LogP contribution in [0.2, 0.25) is 0 Å². The van der Waals surface area contributed by atoms with Crippen LogP contribution in [0.3, 0.4) is 0 Å². The lowest BCUT2D eigenvalue weighted by molar-refractivity contribution is 0.347. The molecule has 0 radical (unpaired) electrons. The van der Waals surface area contributed by atoms with Crippen LogP contribution in [-0.2, 0) is 16.4 Å². The van der Waals surface area contributed by atoms with Gasteiger partial charge in [0.05, 0.1) is 4.90 Å². The van der Waals surface area contributed by atoms with Crippen molar-refractivity contribution < 1.29 is 8.42 Å². The second-order valence-corrected chi connectivity index (χ2v) is 9.71. The van der Waals surface area contributed by atoms with Crippen molar-refractivity contribution in [3.05, 3.63) is 52.0 Å². The molecule has 1 fully saturated rings. The summed E-state index contributed by atoms with van der Waals surface area (Å²) in [6.07, 6.45) is 1.66. The Morgan fingerprint density at radius 2 is 1.64 bits per heavy atom. The fourth-order valence-electron chi connectivity index (χ4n) is 3.73. The lowest BCUT2D eigenvalue weighted by Crippen LogP contribution is -2.34. The van der Waals surface area contributed by atoms with E-state index in [2.05, 4.69) is 33.0 Å². The molecule has 0 unspecified atom stereocenters. The molecule has 2 aliphatic rings. The van der Waals surface area contributed by atoms with Crippen molar-refractivity contribution >= 4 is 26.0 Å². The Hall–Kier alpha value is -1.21. The van der Waals surface area contributed by atoms with Gasteiger partial charge in [0.25, 0.3) is 0 Å². The average molecular weight is 421 g/mol. The molecule has 0 atom stereocenters. The molecule has 0 spiro atoms. The predicted molar refractivity (Wildman–Crippen MR) is 103 cm³/mol. The Balaban J connectivity index is 1.67. The third-order valence-corrected chi connectivity index (χ3v) is 7.52. The Labute approximate surface area is 157 Å². The molecule has 0 aromatic heterocycles. The molecule has 6 heteroatoms. The van der Waals surface area contributed by atoms with Gasteiger partial charge < -0.3 is 4.90 Å². The van der Waals surface area contributed by atoms with Crippen LogP contribution in [0.15, 0.2) is 45.8 Å². The van der Waals surface area contributed by atoms with Gasteiger partial charge in [0.2, 0.25) is 10.0 Å². The Morgan fingerprint density at radius 1 is 0.920 bits per heavy atom. The third kappa shape index (κ3) is 3.16. The maximum absolute atomic E-state index is 13.1. The summed E-state index contributed by atoms with van der Waals surface area (Å²) >= 11 is 3.51. The number of halogens is 1. The van der Waals surface area contributed by atoms with Crippen molar-refractivity contribution in [1.82, 2.24) is 9.21 Å². The van der Waals surface area contributed by atoms with E-state index in [0.717, 1.165) is 41.5 Å². The molecule has 1 heterocycles. The van der Waals surface area contributed by atoms with E-state index in [1.54, 1.807) is 10.4 Å². The molecule has 1 aliphatic carbocycles. The molecule has 1 saturated heterocycles. The van der Waals surface area contributed by atoms with Crippen LogP contribution in [0.4, 0.5) is 0 Å². The lowest BCUT2D eigenvalue weighted by atomic mass is 10.1. The Bertz CT molecular complexity index is 927. The molecule has 1 aliphatic heterocycles. The van der Waals surface area contributed by atoms with Gasteiger partial charge in [0.15, 0.2) is 0 Å². The molecular weight excluding hydrogens is 400 g/mol. The number of hydrogen-bond acceptors (Lipinski definition) is 3. The summed E-state index contributed by atoms with van der Waals surface area (Å²) in [5.74, 6) is 0. The van der Waals surface area contributed by atoms with Crippen LogP contribution >= 0.6 is 15.9 Å². The smallest absolute Gasteiger partial charge is 0.243 e. The Morgan fingerprint density at radius 3 is 2.44 bits per heavy atom. The number of sulfonamides is 1.